The Balaban J connectivity index is 2.09. The first-order valence-corrected chi connectivity index (χ1v) is 10.5. The van der Waals surface area contributed by atoms with E-state index in [-0.39, 0.29) is 18.0 Å². The van der Waals surface area contributed by atoms with Crippen LogP contribution in [0.3, 0.4) is 0 Å². The van der Waals surface area contributed by atoms with E-state index in [1.807, 2.05) is 66.4 Å². The van der Waals surface area contributed by atoms with E-state index >= 15 is 0 Å². The molecule has 1 heterocycles. The van der Waals surface area contributed by atoms with Crippen molar-refractivity contribution >= 4 is 16.8 Å². The summed E-state index contributed by atoms with van der Waals surface area (Å²) in [5, 5.41) is 0.896. The first-order chi connectivity index (χ1) is 14.4. The van der Waals surface area contributed by atoms with Gasteiger partial charge < -0.3 is 9.64 Å². The molecule has 0 saturated carbocycles. The van der Waals surface area contributed by atoms with Crippen LogP contribution in [0.25, 0.3) is 22.0 Å². The van der Waals surface area contributed by atoms with Gasteiger partial charge in [-0.2, -0.15) is 0 Å². The number of benzene rings is 2. The summed E-state index contributed by atoms with van der Waals surface area (Å²) in [4.78, 5) is 28.4. The second-order valence-corrected chi connectivity index (χ2v) is 7.90. The standard InChI is InChI=1S/C25H30N2O3/c1-5-26(14-13-18(2)3)24(28)17-27-23-16-21(30-4)12-11-20(23)15-22(25(27)29)19-9-7-6-8-10-19/h6-12,15-16,18H,5,13-14,17H2,1-4H3. The van der Waals surface area contributed by atoms with Gasteiger partial charge in [0.1, 0.15) is 12.3 Å². The zero-order valence-electron chi connectivity index (χ0n) is 18.2. The molecule has 0 saturated heterocycles. The van der Waals surface area contributed by atoms with E-state index in [1.54, 1.807) is 11.7 Å². The highest BCUT2D eigenvalue weighted by Crippen LogP contribution is 2.24. The molecular weight excluding hydrogens is 376 g/mol. The molecule has 0 fully saturated rings. The van der Waals surface area contributed by atoms with Crippen molar-refractivity contribution in [3.8, 4) is 16.9 Å². The van der Waals surface area contributed by atoms with Crippen LogP contribution >= 0.6 is 0 Å². The predicted octanol–water partition coefficient (Wildman–Crippen LogP) is 4.57. The molecule has 0 N–H and O–H groups in total. The average molecular weight is 407 g/mol. The van der Waals surface area contributed by atoms with E-state index in [0.29, 0.717) is 35.8 Å². The summed E-state index contributed by atoms with van der Waals surface area (Å²) in [6.45, 7) is 7.59. The number of nitrogens with zero attached hydrogens (tertiary/aromatic N) is 2. The maximum Gasteiger partial charge on any atom is 0.259 e. The van der Waals surface area contributed by atoms with Gasteiger partial charge in [-0.05, 0) is 48.4 Å². The van der Waals surface area contributed by atoms with Crippen LogP contribution in [-0.4, -0.2) is 35.6 Å². The summed E-state index contributed by atoms with van der Waals surface area (Å²) in [5.74, 6) is 1.12. The van der Waals surface area contributed by atoms with Crippen molar-refractivity contribution in [1.29, 1.82) is 0 Å². The maximum atomic E-state index is 13.4. The number of methoxy groups -OCH3 is 1. The van der Waals surface area contributed by atoms with Gasteiger partial charge in [0.2, 0.25) is 5.91 Å². The molecule has 3 aromatic rings. The molecule has 5 heteroatoms. The molecule has 1 aromatic heterocycles. The highest BCUT2D eigenvalue weighted by atomic mass is 16.5. The fourth-order valence-electron chi connectivity index (χ4n) is 3.57. The Hall–Kier alpha value is -3.08. The van der Waals surface area contributed by atoms with Crippen LogP contribution in [0, 0.1) is 5.92 Å². The van der Waals surface area contributed by atoms with Gasteiger partial charge in [-0.3, -0.25) is 14.2 Å². The first kappa shape index (κ1) is 21.6. The van der Waals surface area contributed by atoms with E-state index in [2.05, 4.69) is 13.8 Å². The Bertz CT molecular complexity index is 1070. The number of fused-ring (bicyclic) bond motifs is 1. The predicted molar refractivity (Wildman–Crippen MR) is 122 cm³/mol. The second-order valence-electron chi connectivity index (χ2n) is 7.90. The number of carbonyl (C=O) groups is 1. The Morgan fingerprint density at radius 2 is 1.83 bits per heavy atom. The van der Waals surface area contributed by atoms with Crippen molar-refractivity contribution in [3.63, 3.8) is 0 Å². The molecular formula is C25H30N2O3. The number of rotatable bonds is 8. The highest BCUT2D eigenvalue weighted by Gasteiger charge is 2.18. The number of aromatic nitrogens is 1. The lowest BCUT2D eigenvalue weighted by molar-refractivity contribution is -0.131. The summed E-state index contributed by atoms with van der Waals surface area (Å²) in [7, 11) is 1.60. The van der Waals surface area contributed by atoms with Crippen LogP contribution in [0.2, 0.25) is 0 Å². The minimum absolute atomic E-state index is 0.00904. The average Bonchev–Trinajstić information content (AvgIpc) is 2.76. The van der Waals surface area contributed by atoms with Crippen LogP contribution in [0.15, 0.2) is 59.4 Å². The van der Waals surface area contributed by atoms with E-state index in [4.69, 9.17) is 4.74 Å². The molecule has 0 radical (unpaired) electrons. The number of carbonyl (C=O) groups excluding carboxylic acids is 1. The minimum atomic E-state index is -0.171. The molecule has 0 aliphatic heterocycles. The van der Waals surface area contributed by atoms with Gasteiger partial charge in [0, 0.05) is 24.7 Å². The van der Waals surface area contributed by atoms with Crippen molar-refractivity contribution in [1.82, 2.24) is 9.47 Å². The van der Waals surface area contributed by atoms with Crippen LogP contribution in [0.5, 0.6) is 5.75 Å². The topological polar surface area (TPSA) is 51.5 Å². The molecule has 1 amide bonds. The molecule has 0 atom stereocenters. The van der Waals surface area contributed by atoms with Crippen LogP contribution in [-0.2, 0) is 11.3 Å². The van der Waals surface area contributed by atoms with E-state index in [9.17, 15) is 9.59 Å². The molecule has 158 valence electrons. The third-order valence-corrected chi connectivity index (χ3v) is 5.39. The molecule has 30 heavy (non-hydrogen) atoms. The summed E-state index contributed by atoms with van der Waals surface area (Å²) < 4.78 is 6.94. The zero-order valence-corrected chi connectivity index (χ0v) is 18.2. The van der Waals surface area contributed by atoms with Gasteiger partial charge in [0.25, 0.3) is 5.56 Å². The molecule has 5 nitrogen and oxygen atoms in total. The first-order valence-electron chi connectivity index (χ1n) is 10.5. The number of ether oxygens (including phenoxy) is 1. The van der Waals surface area contributed by atoms with E-state index in [0.717, 1.165) is 17.4 Å². The third kappa shape index (κ3) is 4.73. The molecule has 0 aliphatic carbocycles. The van der Waals surface area contributed by atoms with Gasteiger partial charge in [-0.25, -0.2) is 0 Å². The zero-order chi connectivity index (χ0) is 21.7. The maximum absolute atomic E-state index is 13.4. The normalized spacial score (nSPS) is 11.1. The number of amides is 1. The van der Waals surface area contributed by atoms with Crippen molar-refractivity contribution in [2.24, 2.45) is 5.92 Å². The number of likely N-dealkylation sites (N-methyl/N-ethyl adjacent to an activating group) is 1. The molecule has 0 unspecified atom stereocenters. The summed E-state index contributed by atoms with van der Waals surface area (Å²) in [6.07, 6.45) is 0.938. The molecule has 3 rings (SSSR count). The van der Waals surface area contributed by atoms with E-state index in [1.165, 1.54) is 0 Å². The number of pyridine rings is 1. The quantitative estimate of drug-likeness (QED) is 0.551. The highest BCUT2D eigenvalue weighted by molar-refractivity contribution is 5.87. The molecule has 0 aliphatic rings. The Morgan fingerprint density at radius 1 is 1.10 bits per heavy atom. The van der Waals surface area contributed by atoms with Crippen molar-refractivity contribution in [3.05, 3.63) is 65.0 Å². The fraction of sp³-hybridized carbons (Fsp3) is 0.360. The smallest absolute Gasteiger partial charge is 0.259 e. The van der Waals surface area contributed by atoms with Gasteiger partial charge in [0.05, 0.1) is 12.6 Å². The van der Waals surface area contributed by atoms with Crippen LogP contribution in [0.4, 0.5) is 0 Å². The lowest BCUT2D eigenvalue weighted by Crippen LogP contribution is -2.37. The van der Waals surface area contributed by atoms with Crippen LogP contribution in [0.1, 0.15) is 27.2 Å². The lowest BCUT2D eigenvalue weighted by Gasteiger charge is -2.23. The van der Waals surface area contributed by atoms with Gasteiger partial charge in [0.15, 0.2) is 0 Å². The fourth-order valence-corrected chi connectivity index (χ4v) is 3.57. The van der Waals surface area contributed by atoms with Gasteiger partial charge in [-0.15, -0.1) is 0 Å². The summed E-state index contributed by atoms with van der Waals surface area (Å²) in [5.41, 5.74) is 1.96. The monoisotopic (exact) mass is 406 g/mol. The lowest BCUT2D eigenvalue weighted by atomic mass is 10.0. The molecule has 0 bridgehead atoms. The van der Waals surface area contributed by atoms with Gasteiger partial charge in [-0.1, -0.05) is 44.2 Å². The second kappa shape index (κ2) is 9.61. The Morgan fingerprint density at radius 3 is 2.47 bits per heavy atom. The largest absolute Gasteiger partial charge is 0.497 e. The van der Waals surface area contributed by atoms with Gasteiger partial charge >= 0.3 is 0 Å². The Kier molecular flexibility index (Phi) is 6.93. The SMILES string of the molecule is CCN(CCC(C)C)C(=O)Cn1c(=O)c(-c2ccccc2)cc2ccc(OC)cc21. The van der Waals surface area contributed by atoms with Crippen molar-refractivity contribution in [2.75, 3.05) is 20.2 Å². The minimum Gasteiger partial charge on any atom is -0.497 e. The summed E-state index contributed by atoms with van der Waals surface area (Å²) in [6, 6.07) is 17.1. The van der Waals surface area contributed by atoms with Crippen molar-refractivity contribution in [2.45, 2.75) is 33.7 Å². The summed E-state index contributed by atoms with van der Waals surface area (Å²) >= 11 is 0. The number of hydrogen-bond donors (Lipinski definition) is 0. The number of hydrogen-bond acceptors (Lipinski definition) is 3. The third-order valence-electron chi connectivity index (χ3n) is 5.39. The molecule has 2 aromatic carbocycles. The van der Waals surface area contributed by atoms with E-state index < -0.39 is 0 Å². The Labute approximate surface area is 177 Å². The molecule has 0 spiro atoms. The van der Waals surface area contributed by atoms with Crippen LogP contribution < -0.4 is 10.3 Å². The van der Waals surface area contributed by atoms with Crippen molar-refractivity contribution < 1.29 is 9.53 Å².